The van der Waals surface area contributed by atoms with E-state index in [0.717, 1.165) is 11.6 Å². The maximum atomic E-state index is 13.5. The lowest BCUT2D eigenvalue weighted by molar-refractivity contribution is -0.282. The zero-order chi connectivity index (χ0) is 19.8. The van der Waals surface area contributed by atoms with E-state index in [1.165, 1.54) is 24.0 Å². The van der Waals surface area contributed by atoms with Crippen molar-refractivity contribution in [2.45, 2.75) is 38.5 Å². The third kappa shape index (κ3) is 4.26. The van der Waals surface area contributed by atoms with Gasteiger partial charge in [-0.1, -0.05) is 22.1 Å². The third-order valence-electron chi connectivity index (χ3n) is 3.72. The molecule has 1 N–H and O–H groups in total. The number of alkyl halides is 4. The van der Waals surface area contributed by atoms with Crippen LogP contribution in [0.25, 0.3) is 5.95 Å². The topological polar surface area (TPSA) is 83.9 Å². The van der Waals surface area contributed by atoms with Gasteiger partial charge in [-0.15, -0.1) is 5.10 Å². The van der Waals surface area contributed by atoms with Crippen LogP contribution in [0.4, 0.5) is 34.9 Å². The highest BCUT2D eigenvalue weighted by molar-refractivity contribution is 5.80. The van der Waals surface area contributed by atoms with Gasteiger partial charge in [0, 0.05) is 20.1 Å². The van der Waals surface area contributed by atoms with Gasteiger partial charge < -0.3 is 5.32 Å². The standard InChI is InChI=1S/C15H17F4N8/c1-4-15(18,19)5-9-6-27(25-24-9)13-22-11(20-7-14(2,16)17)10-12(23-13)26(3)8-21-10/h6,8H,3-5,7H2,1-2H3,(H,20,22,23)/q+1. The molecule has 144 valence electrons. The largest absolute Gasteiger partial charge is 0.361 e. The number of nitrogens with one attached hydrogen (secondary N) is 1. The van der Waals surface area contributed by atoms with Crippen LogP contribution in [-0.4, -0.2) is 61.0 Å². The van der Waals surface area contributed by atoms with Crippen molar-refractivity contribution in [2.24, 2.45) is 4.99 Å². The molecular weight excluding hydrogens is 368 g/mol. The molecule has 0 spiro atoms. The molecule has 3 heterocycles. The Morgan fingerprint density at radius 3 is 2.67 bits per heavy atom. The summed E-state index contributed by atoms with van der Waals surface area (Å²) in [4.78, 5) is 12.4. The van der Waals surface area contributed by atoms with Gasteiger partial charge >= 0.3 is 11.8 Å². The minimum absolute atomic E-state index is 0.0339. The number of anilines is 1. The second kappa shape index (κ2) is 6.67. The molecule has 0 unspecified atom stereocenters. The number of hydrogen-bond acceptors (Lipinski definition) is 6. The predicted octanol–water partition coefficient (Wildman–Crippen LogP) is 2.73. The smallest absolute Gasteiger partial charge is 0.331 e. The van der Waals surface area contributed by atoms with Crippen molar-refractivity contribution in [3.8, 4) is 5.95 Å². The summed E-state index contributed by atoms with van der Waals surface area (Å²) in [6, 6.07) is 0. The van der Waals surface area contributed by atoms with E-state index in [1.807, 2.05) is 0 Å². The van der Waals surface area contributed by atoms with E-state index in [4.69, 9.17) is 0 Å². The average Bonchev–Trinajstić information content (AvgIpc) is 3.19. The molecule has 12 heteroatoms. The first-order valence-electron chi connectivity index (χ1n) is 8.05. The predicted molar refractivity (Wildman–Crippen MR) is 90.2 cm³/mol. The summed E-state index contributed by atoms with van der Waals surface area (Å²) in [5.74, 6) is -5.60. The highest BCUT2D eigenvalue weighted by Gasteiger charge is 2.32. The maximum absolute atomic E-state index is 13.5. The van der Waals surface area contributed by atoms with E-state index in [0.29, 0.717) is 0 Å². The highest BCUT2D eigenvalue weighted by Crippen LogP contribution is 2.36. The molecule has 0 aromatic carbocycles. The van der Waals surface area contributed by atoms with E-state index in [-0.39, 0.29) is 35.4 Å². The van der Waals surface area contributed by atoms with E-state index >= 15 is 0 Å². The van der Waals surface area contributed by atoms with Gasteiger partial charge in [0.2, 0.25) is 6.34 Å². The van der Waals surface area contributed by atoms with Crippen molar-refractivity contribution in [2.75, 3.05) is 11.9 Å². The molecule has 2 aromatic rings. The molecule has 0 saturated carbocycles. The van der Waals surface area contributed by atoms with E-state index in [1.54, 1.807) is 0 Å². The Balaban J connectivity index is 1.94. The van der Waals surface area contributed by atoms with Crippen LogP contribution >= 0.6 is 0 Å². The summed E-state index contributed by atoms with van der Waals surface area (Å²) in [5, 5.41) is 9.98. The van der Waals surface area contributed by atoms with Crippen molar-refractivity contribution in [1.82, 2.24) is 25.0 Å². The Morgan fingerprint density at radius 1 is 1.26 bits per heavy atom. The molecule has 0 amide bonds. The van der Waals surface area contributed by atoms with Gasteiger partial charge in [-0.05, 0) is 0 Å². The van der Waals surface area contributed by atoms with Crippen LogP contribution in [0.5, 0.6) is 0 Å². The molecule has 3 rings (SSSR count). The van der Waals surface area contributed by atoms with Crippen LogP contribution < -0.4 is 5.32 Å². The first-order chi connectivity index (χ1) is 12.6. The quantitative estimate of drug-likeness (QED) is 0.585. The van der Waals surface area contributed by atoms with Gasteiger partial charge in [-0.25, -0.2) is 22.1 Å². The van der Waals surface area contributed by atoms with Gasteiger partial charge in [0.25, 0.3) is 17.5 Å². The van der Waals surface area contributed by atoms with Crippen LogP contribution in [0.3, 0.4) is 0 Å². The minimum atomic E-state index is -2.98. The van der Waals surface area contributed by atoms with Crippen molar-refractivity contribution < 1.29 is 22.1 Å². The second-order valence-corrected chi connectivity index (χ2v) is 6.22. The molecule has 0 atom stereocenters. The van der Waals surface area contributed by atoms with Gasteiger partial charge in [0.1, 0.15) is 0 Å². The Bertz CT molecular complexity index is 900. The Morgan fingerprint density at radius 2 is 2.00 bits per heavy atom. The molecule has 27 heavy (non-hydrogen) atoms. The highest BCUT2D eigenvalue weighted by atomic mass is 19.3. The number of nitrogens with zero attached hydrogens (tertiary/aromatic N) is 7. The second-order valence-electron chi connectivity index (χ2n) is 6.22. The van der Waals surface area contributed by atoms with Crippen molar-refractivity contribution in [1.29, 1.82) is 0 Å². The summed E-state index contributed by atoms with van der Waals surface area (Å²) in [5.41, 5.74) is 0.305. The molecule has 8 nitrogen and oxygen atoms in total. The molecule has 0 radical (unpaired) electrons. The Kier molecular flexibility index (Phi) is 4.66. The third-order valence-corrected chi connectivity index (χ3v) is 3.72. The number of fused-ring (bicyclic) bond motifs is 1. The molecule has 1 aliphatic heterocycles. The van der Waals surface area contributed by atoms with Crippen LogP contribution in [0.15, 0.2) is 11.2 Å². The van der Waals surface area contributed by atoms with E-state index < -0.39 is 24.8 Å². The summed E-state index contributed by atoms with van der Waals surface area (Å²) in [7, 11) is 0. The lowest BCUT2D eigenvalue weighted by atomic mass is 10.1. The number of aliphatic imine (C=N–C) groups is 1. The zero-order valence-corrected chi connectivity index (χ0v) is 14.6. The number of hydrogen-bond donors (Lipinski definition) is 1. The van der Waals surface area contributed by atoms with Gasteiger partial charge in [0.05, 0.1) is 24.9 Å². The van der Waals surface area contributed by atoms with Crippen LogP contribution in [0, 0.1) is 0 Å². The fourth-order valence-corrected chi connectivity index (χ4v) is 2.26. The van der Waals surface area contributed by atoms with Crippen molar-refractivity contribution in [3.05, 3.63) is 11.9 Å². The molecule has 0 bridgehead atoms. The fraction of sp³-hybridized carbons (Fsp3) is 0.467. The van der Waals surface area contributed by atoms with Crippen LogP contribution in [0.1, 0.15) is 26.0 Å². The summed E-state index contributed by atoms with van der Waals surface area (Å²) in [6.07, 6.45) is 1.72. The zero-order valence-electron chi connectivity index (χ0n) is 14.6. The molecular formula is C15H17F4N8+. The van der Waals surface area contributed by atoms with Gasteiger partial charge in [-0.3, -0.25) is 0 Å². The van der Waals surface area contributed by atoms with Gasteiger partial charge in [-0.2, -0.15) is 9.67 Å². The summed E-state index contributed by atoms with van der Waals surface area (Å²) in [6.45, 7) is 5.16. The van der Waals surface area contributed by atoms with Crippen molar-refractivity contribution in [3.63, 3.8) is 0 Å². The lowest BCUT2D eigenvalue weighted by Gasteiger charge is -2.12. The van der Waals surface area contributed by atoms with Crippen molar-refractivity contribution >= 4 is 30.4 Å². The Labute approximate surface area is 151 Å². The summed E-state index contributed by atoms with van der Waals surface area (Å²) < 4.78 is 55.9. The SMILES string of the molecule is C=[N+]1C=Nc2c(NCC(C)(F)F)nc(-n3cc(CC(F)(F)CC)nn3)nc21. The molecule has 0 fully saturated rings. The average molecular weight is 385 g/mol. The van der Waals surface area contributed by atoms with E-state index in [9.17, 15) is 17.6 Å². The normalized spacial score (nSPS) is 13.9. The summed E-state index contributed by atoms with van der Waals surface area (Å²) >= 11 is 0. The number of aromatic nitrogens is 5. The van der Waals surface area contributed by atoms with E-state index in [2.05, 4.69) is 37.3 Å². The fourth-order valence-electron chi connectivity index (χ4n) is 2.26. The molecule has 1 aliphatic rings. The number of rotatable bonds is 7. The van der Waals surface area contributed by atoms with Crippen LogP contribution in [0.2, 0.25) is 0 Å². The first kappa shape index (κ1) is 18.9. The number of halogens is 4. The maximum Gasteiger partial charge on any atom is 0.331 e. The van der Waals surface area contributed by atoms with Crippen LogP contribution in [-0.2, 0) is 6.42 Å². The Hall–Kier alpha value is -2.92. The minimum Gasteiger partial charge on any atom is -0.361 e. The molecule has 0 aliphatic carbocycles. The molecule has 2 aromatic heterocycles. The monoisotopic (exact) mass is 385 g/mol. The molecule has 0 saturated heterocycles. The van der Waals surface area contributed by atoms with Gasteiger partial charge in [0.15, 0.2) is 5.82 Å². The lowest BCUT2D eigenvalue weighted by Crippen LogP contribution is -2.23. The first-order valence-corrected chi connectivity index (χ1v) is 8.05.